The van der Waals surface area contributed by atoms with Crippen LogP contribution in [0.4, 0.5) is 11.4 Å². The van der Waals surface area contributed by atoms with Gasteiger partial charge in [-0.1, -0.05) is 23.2 Å². The average molecular weight is 341 g/mol. The zero-order valence-electron chi connectivity index (χ0n) is 12.0. The number of nitrogens with two attached hydrogens (primary N) is 1. The van der Waals surface area contributed by atoms with Crippen molar-refractivity contribution in [2.75, 3.05) is 36.9 Å². The molecule has 0 atom stereocenters. The van der Waals surface area contributed by atoms with Crippen LogP contribution in [0, 0.1) is 0 Å². The van der Waals surface area contributed by atoms with E-state index in [1.807, 2.05) is 17.0 Å². The summed E-state index contributed by atoms with van der Waals surface area (Å²) in [5, 5.41) is 19.4. The molecule has 0 saturated heterocycles. The molecule has 0 bridgehead atoms. The second kappa shape index (κ2) is 7.70. The number of hydrogen-bond acceptors (Lipinski definition) is 4. The number of aliphatic hydroxyl groups excluding tert-OH is 2. The number of nitrogen functional groups attached to an aromatic ring is 1. The first kappa shape index (κ1) is 16.9. The summed E-state index contributed by atoms with van der Waals surface area (Å²) in [6.07, 6.45) is 0. The van der Waals surface area contributed by atoms with Crippen molar-refractivity contribution in [1.29, 1.82) is 0 Å². The molecule has 0 aromatic heterocycles. The van der Waals surface area contributed by atoms with Gasteiger partial charge in [0.15, 0.2) is 0 Å². The highest BCUT2D eigenvalue weighted by molar-refractivity contribution is 6.35. The van der Waals surface area contributed by atoms with E-state index in [0.29, 0.717) is 28.8 Å². The molecule has 0 aliphatic rings. The fourth-order valence-corrected chi connectivity index (χ4v) is 2.84. The molecule has 4 nitrogen and oxygen atoms in total. The maximum atomic E-state index is 9.16. The van der Waals surface area contributed by atoms with Crippen LogP contribution in [0.25, 0.3) is 11.1 Å². The van der Waals surface area contributed by atoms with E-state index in [4.69, 9.17) is 39.1 Å². The summed E-state index contributed by atoms with van der Waals surface area (Å²) < 4.78 is 0. The predicted molar refractivity (Wildman–Crippen MR) is 92.7 cm³/mol. The summed E-state index contributed by atoms with van der Waals surface area (Å²) >= 11 is 12.1. The van der Waals surface area contributed by atoms with Crippen LogP contribution in [0.1, 0.15) is 0 Å². The maximum absolute atomic E-state index is 9.16. The molecule has 0 radical (unpaired) electrons. The van der Waals surface area contributed by atoms with Crippen molar-refractivity contribution < 1.29 is 10.2 Å². The van der Waals surface area contributed by atoms with Gasteiger partial charge in [0, 0.05) is 40.1 Å². The molecule has 0 fully saturated rings. The summed E-state index contributed by atoms with van der Waals surface area (Å²) in [5.74, 6) is 0. The normalized spacial score (nSPS) is 10.7. The van der Waals surface area contributed by atoms with E-state index >= 15 is 0 Å². The summed E-state index contributed by atoms with van der Waals surface area (Å²) in [7, 11) is 0. The molecule has 0 spiro atoms. The topological polar surface area (TPSA) is 69.7 Å². The van der Waals surface area contributed by atoms with Crippen molar-refractivity contribution in [2.45, 2.75) is 0 Å². The highest BCUT2D eigenvalue weighted by Gasteiger charge is 2.10. The van der Waals surface area contributed by atoms with Crippen molar-refractivity contribution in [2.24, 2.45) is 0 Å². The fourth-order valence-electron chi connectivity index (χ4n) is 2.31. The summed E-state index contributed by atoms with van der Waals surface area (Å²) in [5.41, 5.74) is 9.17. The van der Waals surface area contributed by atoms with Crippen LogP contribution in [0.5, 0.6) is 0 Å². The highest BCUT2D eigenvalue weighted by atomic mass is 35.5. The van der Waals surface area contributed by atoms with Gasteiger partial charge in [0.1, 0.15) is 0 Å². The Balaban J connectivity index is 2.45. The van der Waals surface area contributed by atoms with E-state index < -0.39 is 0 Å². The van der Waals surface area contributed by atoms with Crippen molar-refractivity contribution >= 4 is 34.6 Å². The number of benzene rings is 2. The van der Waals surface area contributed by atoms with Crippen LogP contribution in [0.3, 0.4) is 0 Å². The summed E-state index contributed by atoms with van der Waals surface area (Å²) in [4.78, 5) is 1.88. The van der Waals surface area contributed by atoms with Crippen molar-refractivity contribution in [3.63, 3.8) is 0 Å². The Morgan fingerprint density at radius 3 is 2.05 bits per heavy atom. The minimum Gasteiger partial charge on any atom is -0.398 e. The van der Waals surface area contributed by atoms with E-state index in [0.717, 1.165) is 16.8 Å². The third kappa shape index (κ3) is 4.05. The monoisotopic (exact) mass is 340 g/mol. The summed E-state index contributed by atoms with van der Waals surface area (Å²) in [6, 6.07) is 10.8. The van der Waals surface area contributed by atoms with E-state index in [1.54, 1.807) is 24.3 Å². The first-order valence-corrected chi connectivity index (χ1v) is 7.63. The van der Waals surface area contributed by atoms with Crippen LogP contribution in [0.2, 0.25) is 10.0 Å². The van der Waals surface area contributed by atoms with E-state index in [9.17, 15) is 0 Å². The van der Waals surface area contributed by atoms with Gasteiger partial charge in [0.25, 0.3) is 0 Å². The maximum Gasteiger partial charge on any atom is 0.0606 e. The Bertz CT molecular complexity index is 624. The Hall–Kier alpha value is -1.46. The van der Waals surface area contributed by atoms with Gasteiger partial charge in [-0.05, 0) is 42.0 Å². The van der Waals surface area contributed by atoms with Crippen molar-refractivity contribution in [3.05, 3.63) is 46.4 Å². The lowest BCUT2D eigenvalue weighted by Crippen LogP contribution is -2.29. The van der Waals surface area contributed by atoms with Crippen LogP contribution >= 0.6 is 23.2 Å². The molecule has 4 N–H and O–H groups in total. The molecular weight excluding hydrogens is 323 g/mol. The Labute approximate surface area is 139 Å². The molecule has 2 aromatic carbocycles. The van der Waals surface area contributed by atoms with E-state index in [2.05, 4.69) is 0 Å². The SMILES string of the molecule is Nc1ccc(N(CCO)CCO)cc1-c1cc(Cl)cc(Cl)c1. The lowest BCUT2D eigenvalue weighted by Gasteiger charge is -2.24. The fraction of sp³-hybridized carbons (Fsp3) is 0.250. The van der Waals surface area contributed by atoms with Gasteiger partial charge in [0.2, 0.25) is 0 Å². The van der Waals surface area contributed by atoms with Crippen LogP contribution in [-0.4, -0.2) is 36.5 Å². The van der Waals surface area contributed by atoms with Gasteiger partial charge < -0.3 is 20.8 Å². The largest absolute Gasteiger partial charge is 0.398 e. The molecule has 0 aliphatic carbocycles. The second-order valence-corrected chi connectivity index (χ2v) is 5.74. The number of rotatable bonds is 6. The molecule has 118 valence electrons. The van der Waals surface area contributed by atoms with Crippen molar-refractivity contribution in [3.8, 4) is 11.1 Å². The van der Waals surface area contributed by atoms with Gasteiger partial charge in [-0.2, -0.15) is 0 Å². The third-order valence-corrected chi connectivity index (χ3v) is 3.75. The molecule has 2 rings (SSSR count). The molecule has 0 saturated carbocycles. The lowest BCUT2D eigenvalue weighted by molar-refractivity contribution is 0.281. The third-order valence-electron chi connectivity index (χ3n) is 3.32. The highest BCUT2D eigenvalue weighted by Crippen LogP contribution is 2.33. The molecule has 0 amide bonds. The van der Waals surface area contributed by atoms with Gasteiger partial charge in [-0.15, -0.1) is 0 Å². The van der Waals surface area contributed by atoms with Crippen molar-refractivity contribution in [1.82, 2.24) is 0 Å². The van der Waals surface area contributed by atoms with Gasteiger partial charge in [-0.25, -0.2) is 0 Å². The minimum absolute atomic E-state index is 0.00268. The summed E-state index contributed by atoms with van der Waals surface area (Å²) in [6.45, 7) is 0.867. The first-order valence-electron chi connectivity index (χ1n) is 6.88. The quantitative estimate of drug-likeness (QED) is 0.707. The number of aliphatic hydroxyl groups is 2. The Kier molecular flexibility index (Phi) is 5.91. The Morgan fingerprint density at radius 2 is 1.50 bits per heavy atom. The van der Waals surface area contributed by atoms with E-state index in [-0.39, 0.29) is 13.2 Å². The molecule has 22 heavy (non-hydrogen) atoms. The Morgan fingerprint density at radius 1 is 0.909 bits per heavy atom. The standard InChI is InChI=1S/C16H18Cl2N2O2/c17-12-7-11(8-13(18)9-12)15-10-14(1-2-16(15)19)20(3-5-21)4-6-22/h1-2,7-10,21-22H,3-6,19H2. The van der Waals surface area contributed by atoms with E-state index in [1.165, 1.54) is 0 Å². The molecule has 0 aliphatic heterocycles. The smallest absolute Gasteiger partial charge is 0.0606 e. The number of anilines is 2. The number of halogens is 2. The lowest BCUT2D eigenvalue weighted by atomic mass is 10.0. The average Bonchev–Trinajstić information content (AvgIpc) is 2.46. The number of nitrogens with zero attached hydrogens (tertiary/aromatic N) is 1. The van der Waals surface area contributed by atoms with Crippen LogP contribution < -0.4 is 10.6 Å². The van der Waals surface area contributed by atoms with Gasteiger partial charge >= 0.3 is 0 Å². The van der Waals surface area contributed by atoms with Crippen LogP contribution in [-0.2, 0) is 0 Å². The first-order chi connectivity index (χ1) is 10.5. The second-order valence-electron chi connectivity index (χ2n) is 4.86. The predicted octanol–water partition coefficient (Wildman–Crippen LogP) is 3.03. The number of hydrogen-bond donors (Lipinski definition) is 3. The zero-order valence-corrected chi connectivity index (χ0v) is 13.5. The van der Waals surface area contributed by atoms with Crippen LogP contribution in [0.15, 0.2) is 36.4 Å². The zero-order chi connectivity index (χ0) is 16.1. The molecule has 0 heterocycles. The molecule has 0 unspecified atom stereocenters. The molecule has 2 aromatic rings. The van der Waals surface area contributed by atoms with Gasteiger partial charge in [-0.3, -0.25) is 0 Å². The van der Waals surface area contributed by atoms with Gasteiger partial charge in [0.05, 0.1) is 13.2 Å². The molecular formula is C16H18Cl2N2O2. The minimum atomic E-state index is 0.00268. The molecule has 6 heteroatoms.